The quantitative estimate of drug-likeness (QED) is 0.857. The Kier molecular flexibility index (Phi) is 5.82. The van der Waals surface area contributed by atoms with Crippen molar-refractivity contribution < 1.29 is 14.7 Å². The van der Waals surface area contributed by atoms with Crippen LogP contribution in [0.4, 0.5) is 0 Å². The van der Waals surface area contributed by atoms with Gasteiger partial charge in [-0.1, -0.05) is 41.4 Å². The smallest absolute Gasteiger partial charge is 0.326 e. The molecule has 0 bridgehead atoms. The van der Waals surface area contributed by atoms with Gasteiger partial charge >= 0.3 is 5.97 Å². The highest BCUT2D eigenvalue weighted by Gasteiger charge is 2.21. The predicted octanol–water partition coefficient (Wildman–Crippen LogP) is 3.33. The summed E-state index contributed by atoms with van der Waals surface area (Å²) in [6, 6.07) is 3.84. The maximum Gasteiger partial charge on any atom is 0.326 e. The number of carbonyl (C=O) groups excluding carboxylic acids is 1. The Bertz CT molecular complexity index is 471. The van der Waals surface area contributed by atoms with Gasteiger partial charge in [0.2, 0.25) is 0 Å². The van der Waals surface area contributed by atoms with Crippen LogP contribution in [-0.4, -0.2) is 23.0 Å². The van der Waals surface area contributed by atoms with Crippen LogP contribution in [-0.2, 0) is 4.79 Å². The van der Waals surface area contributed by atoms with Crippen molar-refractivity contribution in [1.29, 1.82) is 0 Å². The van der Waals surface area contributed by atoms with E-state index in [2.05, 4.69) is 21.2 Å². The lowest BCUT2D eigenvalue weighted by molar-refractivity contribution is -0.139. The Hall–Kier alpha value is -1.07. The minimum absolute atomic E-state index is 0.174. The van der Waals surface area contributed by atoms with Crippen LogP contribution in [0.2, 0.25) is 5.02 Å². The number of amides is 1. The van der Waals surface area contributed by atoms with Gasteiger partial charge in [-0.05, 0) is 30.5 Å². The van der Waals surface area contributed by atoms with E-state index in [1.165, 1.54) is 6.07 Å². The SMILES string of the molecule is CC(C)C[C@H](NC(=O)c1cc(Cl)cc(Br)c1)C(=O)O. The van der Waals surface area contributed by atoms with Crippen LogP contribution in [0.1, 0.15) is 30.6 Å². The van der Waals surface area contributed by atoms with E-state index in [1.54, 1.807) is 12.1 Å². The van der Waals surface area contributed by atoms with E-state index in [9.17, 15) is 9.59 Å². The van der Waals surface area contributed by atoms with Crippen molar-refractivity contribution >= 4 is 39.4 Å². The number of benzene rings is 1. The number of aliphatic carboxylic acids is 1. The maximum atomic E-state index is 12.0. The predicted molar refractivity (Wildman–Crippen MR) is 77.5 cm³/mol. The van der Waals surface area contributed by atoms with Crippen molar-refractivity contribution in [2.24, 2.45) is 5.92 Å². The third kappa shape index (κ3) is 5.20. The van der Waals surface area contributed by atoms with Crippen molar-refractivity contribution in [3.05, 3.63) is 33.3 Å². The van der Waals surface area contributed by atoms with Crippen molar-refractivity contribution in [2.75, 3.05) is 0 Å². The summed E-state index contributed by atoms with van der Waals surface area (Å²) in [5, 5.41) is 12.0. The molecule has 0 unspecified atom stereocenters. The van der Waals surface area contributed by atoms with E-state index >= 15 is 0 Å². The van der Waals surface area contributed by atoms with Crippen molar-refractivity contribution in [2.45, 2.75) is 26.3 Å². The Morgan fingerprint density at radius 2 is 2.00 bits per heavy atom. The van der Waals surface area contributed by atoms with Crippen LogP contribution in [0.15, 0.2) is 22.7 Å². The molecule has 0 aromatic heterocycles. The summed E-state index contributed by atoms with van der Waals surface area (Å²) in [5.74, 6) is -1.31. The molecule has 104 valence electrons. The van der Waals surface area contributed by atoms with Gasteiger partial charge in [-0.15, -0.1) is 0 Å². The second kappa shape index (κ2) is 6.91. The molecule has 6 heteroatoms. The first-order valence-electron chi connectivity index (χ1n) is 5.79. The molecule has 2 N–H and O–H groups in total. The Labute approximate surface area is 125 Å². The molecular formula is C13H15BrClNO3. The van der Waals surface area contributed by atoms with Gasteiger partial charge in [0.1, 0.15) is 6.04 Å². The molecule has 0 heterocycles. The summed E-state index contributed by atoms with van der Waals surface area (Å²) in [7, 11) is 0. The fraction of sp³-hybridized carbons (Fsp3) is 0.385. The molecule has 0 radical (unpaired) electrons. The van der Waals surface area contributed by atoms with E-state index in [0.717, 1.165) is 0 Å². The first-order chi connectivity index (χ1) is 8.79. The molecule has 0 saturated carbocycles. The second-order valence-electron chi connectivity index (χ2n) is 4.65. The van der Waals surface area contributed by atoms with Crippen molar-refractivity contribution in [3.8, 4) is 0 Å². The minimum Gasteiger partial charge on any atom is -0.480 e. The largest absolute Gasteiger partial charge is 0.480 e. The standard InChI is InChI=1S/C13H15BrClNO3/c1-7(2)3-11(13(18)19)16-12(17)8-4-9(14)6-10(15)5-8/h4-7,11H,3H2,1-2H3,(H,16,17)(H,18,19)/t11-/m0/s1. The van der Waals surface area contributed by atoms with Gasteiger partial charge in [-0.2, -0.15) is 0 Å². The number of carboxylic acids is 1. The van der Waals surface area contributed by atoms with Crippen LogP contribution >= 0.6 is 27.5 Å². The van der Waals surface area contributed by atoms with E-state index < -0.39 is 17.9 Å². The number of carboxylic acid groups (broad SMARTS) is 1. The van der Waals surface area contributed by atoms with E-state index in [1.807, 2.05) is 13.8 Å². The third-order valence-corrected chi connectivity index (χ3v) is 3.11. The number of carbonyl (C=O) groups is 2. The van der Waals surface area contributed by atoms with Gasteiger partial charge in [0.25, 0.3) is 5.91 Å². The molecule has 0 aliphatic carbocycles. The molecule has 19 heavy (non-hydrogen) atoms. The van der Waals surface area contributed by atoms with E-state index in [4.69, 9.17) is 16.7 Å². The number of halogens is 2. The van der Waals surface area contributed by atoms with Crippen LogP contribution in [0.25, 0.3) is 0 Å². The number of nitrogens with one attached hydrogen (secondary N) is 1. The second-order valence-corrected chi connectivity index (χ2v) is 6.00. The summed E-state index contributed by atoms with van der Waals surface area (Å²) in [4.78, 5) is 23.1. The molecule has 0 aliphatic rings. The monoisotopic (exact) mass is 347 g/mol. The van der Waals surface area contributed by atoms with Crippen LogP contribution in [0, 0.1) is 5.92 Å². The van der Waals surface area contributed by atoms with Crippen LogP contribution in [0.3, 0.4) is 0 Å². The van der Waals surface area contributed by atoms with Crippen molar-refractivity contribution in [3.63, 3.8) is 0 Å². The van der Waals surface area contributed by atoms with Gasteiger partial charge in [0.15, 0.2) is 0 Å². The highest BCUT2D eigenvalue weighted by atomic mass is 79.9. The van der Waals surface area contributed by atoms with Crippen LogP contribution < -0.4 is 5.32 Å². The topological polar surface area (TPSA) is 66.4 Å². The van der Waals surface area contributed by atoms with Gasteiger partial charge in [0, 0.05) is 15.1 Å². The summed E-state index contributed by atoms with van der Waals surface area (Å²) >= 11 is 9.09. The lowest BCUT2D eigenvalue weighted by Crippen LogP contribution is -2.41. The first-order valence-corrected chi connectivity index (χ1v) is 6.96. The maximum absolute atomic E-state index is 12.0. The average Bonchev–Trinajstić information content (AvgIpc) is 2.25. The fourth-order valence-electron chi connectivity index (χ4n) is 1.62. The molecule has 0 fully saturated rings. The Balaban J connectivity index is 2.84. The molecular weight excluding hydrogens is 334 g/mol. The number of hydrogen-bond donors (Lipinski definition) is 2. The summed E-state index contributed by atoms with van der Waals surface area (Å²) < 4.78 is 0.667. The molecule has 1 atom stereocenters. The molecule has 0 saturated heterocycles. The van der Waals surface area contributed by atoms with Gasteiger partial charge in [-0.25, -0.2) is 4.79 Å². The lowest BCUT2D eigenvalue weighted by Gasteiger charge is -2.16. The normalized spacial score (nSPS) is 12.3. The van der Waals surface area contributed by atoms with Gasteiger partial charge in [-0.3, -0.25) is 4.79 Å². The minimum atomic E-state index is -1.04. The number of hydrogen-bond acceptors (Lipinski definition) is 2. The highest BCUT2D eigenvalue weighted by molar-refractivity contribution is 9.10. The summed E-state index contributed by atoms with van der Waals surface area (Å²) in [6.45, 7) is 3.80. The summed E-state index contributed by atoms with van der Waals surface area (Å²) in [6.07, 6.45) is 0.378. The zero-order valence-corrected chi connectivity index (χ0v) is 13.0. The third-order valence-electron chi connectivity index (χ3n) is 2.44. The molecule has 0 spiro atoms. The first kappa shape index (κ1) is 16.0. The summed E-state index contributed by atoms with van der Waals surface area (Å²) in [5.41, 5.74) is 0.328. The fourth-order valence-corrected chi connectivity index (χ4v) is 2.48. The molecule has 1 aromatic carbocycles. The average molecular weight is 349 g/mol. The van der Waals surface area contributed by atoms with E-state index in [0.29, 0.717) is 21.5 Å². The molecule has 1 amide bonds. The molecule has 4 nitrogen and oxygen atoms in total. The van der Waals surface area contributed by atoms with Crippen molar-refractivity contribution in [1.82, 2.24) is 5.32 Å². The van der Waals surface area contributed by atoms with Gasteiger partial charge in [0.05, 0.1) is 0 Å². The highest BCUT2D eigenvalue weighted by Crippen LogP contribution is 2.19. The molecule has 0 aliphatic heterocycles. The molecule has 1 rings (SSSR count). The Morgan fingerprint density at radius 3 is 2.47 bits per heavy atom. The molecule has 1 aromatic rings. The zero-order chi connectivity index (χ0) is 14.6. The number of rotatable bonds is 5. The van der Waals surface area contributed by atoms with Gasteiger partial charge < -0.3 is 10.4 Å². The van der Waals surface area contributed by atoms with Crippen LogP contribution in [0.5, 0.6) is 0 Å². The van der Waals surface area contributed by atoms with E-state index in [-0.39, 0.29) is 5.92 Å². The zero-order valence-electron chi connectivity index (χ0n) is 10.6. The Morgan fingerprint density at radius 1 is 1.37 bits per heavy atom. The lowest BCUT2D eigenvalue weighted by atomic mass is 10.0.